The van der Waals surface area contributed by atoms with Gasteiger partial charge in [0.05, 0.1) is 11.6 Å². The van der Waals surface area contributed by atoms with Gasteiger partial charge >= 0.3 is 0 Å². The summed E-state index contributed by atoms with van der Waals surface area (Å²) in [5.74, 6) is 6.23. The van der Waals surface area contributed by atoms with Crippen LogP contribution in [-0.4, -0.2) is 37.9 Å². The van der Waals surface area contributed by atoms with Gasteiger partial charge in [0, 0.05) is 12.6 Å². The summed E-state index contributed by atoms with van der Waals surface area (Å²) in [5, 5.41) is 19.5. The fraction of sp³-hybridized carbons (Fsp3) is 0.444. The van der Waals surface area contributed by atoms with Crippen molar-refractivity contribution in [3.05, 3.63) is 6.20 Å². The highest BCUT2D eigenvalue weighted by molar-refractivity contribution is 5.87. The number of hydrazine groups is 1. The third-order valence-electron chi connectivity index (χ3n) is 2.38. The molecule has 92 valence electrons. The minimum Gasteiger partial charge on any atom is -0.396 e. The second-order valence-corrected chi connectivity index (χ2v) is 3.73. The number of aromatic amines is 1. The van der Waals surface area contributed by atoms with E-state index in [4.69, 9.17) is 10.9 Å². The van der Waals surface area contributed by atoms with Gasteiger partial charge in [0.25, 0.3) is 0 Å². The summed E-state index contributed by atoms with van der Waals surface area (Å²) in [7, 11) is 0. The van der Waals surface area contributed by atoms with E-state index in [9.17, 15) is 0 Å². The van der Waals surface area contributed by atoms with Crippen LogP contribution >= 0.6 is 0 Å². The number of nitrogens with zero attached hydrogens (tertiary/aromatic N) is 3. The average Bonchev–Trinajstić information content (AvgIpc) is 2.77. The number of aliphatic hydroxyl groups excluding tert-OH is 1. The summed E-state index contributed by atoms with van der Waals surface area (Å²) in [6.45, 7) is 2.08. The number of nitrogens with two attached hydrogens (primary N) is 1. The van der Waals surface area contributed by atoms with Gasteiger partial charge in [0.1, 0.15) is 5.82 Å². The zero-order chi connectivity index (χ0) is 12.3. The number of hydrogen-bond acceptors (Lipinski definition) is 7. The van der Waals surface area contributed by atoms with E-state index in [0.717, 1.165) is 5.39 Å². The summed E-state index contributed by atoms with van der Waals surface area (Å²) < 4.78 is 0. The van der Waals surface area contributed by atoms with Gasteiger partial charge in [-0.1, -0.05) is 0 Å². The largest absolute Gasteiger partial charge is 0.396 e. The van der Waals surface area contributed by atoms with E-state index in [1.807, 2.05) is 6.92 Å². The third kappa shape index (κ3) is 2.43. The monoisotopic (exact) mass is 237 g/mol. The van der Waals surface area contributed by atoms with Crippen molar-refractivity contribution in [2.45, 2.75) is 19.4 Å². The van der Waals surface area contributed by atoms with Crippen molar-refractivity contribution in [1.29, 1.82) is 0 Å². The van der Waals surface area contributed by atoms with Gasteiger partial charge in [0.2, 0.25) is 5.95 Å². The van der Waals surface area contributed by atoms with Gasteiger partial charge in [-0.25, -0.2) is 5.84 Å². The van der Waals surface area contributed by atoms with Crippen LogP contribution in [0.1, 0.15) is 13.3 Å². The smallest absolute Gasteiger partial charge is 0.241 e. The third-order valence-corrected chi connectivity index (χ3v) is 2.38. The fourth-order valence-electron chi connectivity index (χ4n) is 1.51. The van der Waals surface area contributed by atoms with E-state index in [0.29, 0.717) is 23.8 Å². The molecule has 1 atom stereocenters. The Morgan fingerprint density at radius 2 is 2.35 bits per heavy atom. The molecule has 0 bridgehead atoms. The summed E-state index contributed by atoms with van der Waals surface area (Å²) in [6.07, 6.45) is 2.28. The van der Waals surface area contributed by atoms with E-state index in [1.54, 1.807) is 6.20 Å². The van der Waals surface area contributed by atoms with E-state index >= 15 is 0 Å². The topological polar surface area (TPSA) is 125 Å². The van der Waals surface area contributed by atoms with Crippen molar-refractivity contribution in [3.63, 3.8) is 0 Å². The average molecular weight is 237 g/mol. The Bertz CT molecular complexity index is 497. The second-order valence-electron chi connectivity index (χ2n) is 3.73. The first kappa shape index (κ1) is 11.6. The molecule has 17 heavy (non-hydrogen) atoms. The van der Waals surface area contributed by atoms with Gasteiger partial charge < -0.3 is 10.4 Å². The summed E-state index contributed by atoms with van der Waals surface area (Å²) in [5.41, 5.74) is 3.00. The van der Waals surface area contributed by atoms with Crippen LogP contribution in [0.25, 0.3) is 11.0 Å². The molecular weight excluding hydrogens is 222 g/mol. The van der Waals surface area contributed by atoms with Crippen molar-refractivity contribution >= 4 is 22.8 Å². The second kappa shape index (κ2) is 4.93. The zero-order valence-corrected chi connectivity index (χ0v) is 9.44. The highest BCUT2D eigenvalue weighted by atomic mass is 16.3. The Morgan fingerprint density at radius 1 is 1.53 bits per heavy atom. The number of hydrogen-bond donors (Lipinski definition) is 5. The molecule has 2 aromatic rings. The molecular formula is C9H15N7O. The van der Waals surface area contributed by atoms with Crippen molar-refractivity contribution in [2.24, 2.45) is 5.84 Å². The Labute approximate surface area is 97.6 Å². The van der Waals surface area contributed by atoms with Crippen LogP contribution in [0.3, 0.4) is 0 Å². The normalized spacial score (nSPS) is 12.6. The first-order valence-electron chi connectivity index (χ1n) is 5.29. The van der Waals surface area contributed by atoms with E-state index in [1.165, 1.54) is 0 Å². The highest BCUT2D eigenvalue weighted by Crippen LogP contribution is 2.20. The lowest BCUT2D eigenvalue weighted by atomic mass is 10.2. The van der Waals surface area contributed by atoms with E-state index < -0.39 is 0 Å². The van der Waals surface area contributed by atoms with Crippen molar-refractivity contribution in [3.8, 4) is 0 Å². The number of aliphatic hydroxyl groups is 1. The Kier molecular flexibility index (Phi) is 3.35. The minimum absolute atomic E-state index is 0.0959. The van der Waals surface area contributed by atoms with Gasteiger partial charge in [-0.3, -0.25) is 10.5 Å². The maximum atomic E-state index is 8.87. The molecule has 8 nitrogen and oxygen atoms in total. The maximum absolute atomic E-state index is 8.87. The van der Waals surface area contributed by atoms with Crippen LogP contribution < -0.4 is 16.6 Å². The molecule has 6 N–H and O–H groups in total. The number of nitrogen functional groups attached to an aromatic ring is 1. The van der Waals surface area contributed by atoms with E-state index in [2.05, 4.69) is 30.9 Å². The Hall–Kier alpha value is -1.93. The SMILES string of the molecule is CC(CCO)Nc1nc(NN)nc2[nH]ncc12. The molecule has 0 saturated carbocycles. The molecule has 2 heterocycles. The van der Waals surface area contributed by atoms with Crippen LogP contribution in [0.4, 0.5) is 11.8 Å². The number of H-pyrrole nitrogens is 1. The molecule has 0 aliphatic heterocycles. The molecule has 2 aromatic heterocycles. The predicted molar refractivity (Wildman–Crippen MR) is 64.3 cm³/mol. The number of anilines is 2. The lowest BCUT2D eigenvalue weighted by molar-refractivity contribution is 0.282. The quantitative estimate of drug-likeness (QED) is 0.361. The predicted octanol–water partition coefficient (Wildman–Crippen LogP) is -0.179. The van der Waals surface area contributed by atoms with Crippen LogP contribution in [-0.2, 0) is 0 Å². The van der Waals surface area contributed by atoms with Crippen LogP contribution in [0.15, 0.2) is 6.20 Å². The van der Waals surface area contributed by atoms with Crippen LogP contribution in [0, 0.1) is 0 Å². The first-order chi connectivity index (χ1) is 8.24. The number of rotatable bonds is 5. The van der Waals surface area contributed by atoms with Crippen LogP contribution in [0.2, 0.25) is 0 Å². The summed E-state index contributed by atoms with van der Waals surface area (Å²) >= 11 is 0. The van der Waals surface area contributed by atoms with Crippen molar-refractivity contribution < 1.29 is 5.11 Å². The lowest BCUT2D eigenvalue weighted by Gasteiger charge is -2.14. The molecule has 0 radical (unpaired) electrons. The Morgan fingerprint density at radius 3 is 3.06 bits per heavy atom. The summed E-state index contributed by atoms with van der Waals surface area (Å²) in [6, 6.07) is 0.0959. The molecule has 8 heteroatoms. The fourth-order valence-corrected chi connectivity index (χ4v) is 1.51. The Balaban J connectivity index is 2.33. The van der Waals surface area contributed by atoms with Gasteiger partial charge in [-0.2, -0.15) is 15.1 Å². The minimum atomic E-state index is 0.0959. The highest BCUT2D eigenvalue weighted by Gasteiger charge is 2.11. The number of aromatic nitrogens is 4. The molecule has 0 fully saturated rings. The molecule has 0 aliphatic rings. The molecule has 1 unspecified atom stereocenters. The van der Waals surface area contributed by atoms with E-state index in [-0.39, 0.29) is 12.6 Å². The van der Waals surface area contributed by atoms with Crippen molar-refractivity contribution in [1.82, 2.24) is 20.2 Å². The molecule has 0 aromatic carbocycles. The summed E-state index contributed by atoms with van der Waals surface area (Å²) in [4.78, 5) is 8.33. The standard InChI is InChI=1S/C9H15N7O/c1-5(2-3-17)12-7-6-4-11-16-8(6)14-9(13-7)15-10/h4-5,17H,2-3,10H2,1H3,(H3,11,12,13,14,15,16). The first-order valence-corrected chi connectivity index (χ1v) is 5.29. The maximum Gasteiger partial charge on any atom is 0.241 e. The molecule has 2 rings (SSSR count). The molecule has 0 aliphatic carbocycles. The van der Waals surface area contributed by atoms with Gasteiger partial charge in [0.15, 0.2) is 5.65 Å². The molecule has 0 amide bonds. The lowest BCUT2D eigenvalue weighted by Crippen LogP contribution is -2.19. The van der Waals surface area contributed by atoms with Gasteiger partial charge in [-0.05, 0) is 13.3 Å². The molecule has 0 spiro atoms. The number of fused-ring (bicyclic) bond motifs is 1. The zero-order valence-electron chi connectivity index (χ0n) is 9.44. The van der Waals surface area contributed by atoms with Crippen LogP contribution in [0.5, 0.6) is 0 Å². The number of nitrogens with one attached hydrogen (secondary N) is 3. The van der Waals surface area contributed by atoms with Crippen molar-refractivity contribution in [2.75, 3.05) is 17.3 Å². The molecule has 0 saturated heterocycles. The van der Waals surface area contributed by atoms with Gasteiger partial charge in [-0.15, -0.1) is 0 Å².